The van der Waals surface area contributed by atoms with E-state index in [-0.39, 0.29) is 32.0 Å². The molecule has 9 nitrogen and oxygen atoms in total. The molecule has 0 fully saturated rings. The van der Waals surface area contributed by atoms with Crippen molar-refractivity contribution < 1.29 is 29.3 Å². The lowest BCUT2D eigenvalue weighted by Crippen LogP contribution is -2.54. The quantitative estimate of drug-likeness (QED) is 0.131. The van der Waals surface area contributed by atoms with Crippen molar-refractivity contribution in [2.24, 2.45) is 0 Å². The molecule has 0 aromatic heterocycles. The molecule has 0 unspecified atom stereocenters. The molecule has 1 aliphatic carbocycles. The first kappa shape index (κ1) is 36.6. The van der Waals surface area contributed by atoms with Gasteiger partial charge in [0.2, 0.25) is 0 Å². The molecule has 0 radical (unpaired) electrons. The van der Waals surface area contributed by atoms with Gasteiger partial charge in [0.05, 0.1) is 31.3 Å². The van der Waals surface area contributed by atoms with Crippen molar-refractivity contribution in [2.75, 3.05) is 26.7 Å². The SMILES string of the molecule is CN[C@@H](Cc1ccccc1)[C@H](O)CN(C[C@@H](O)[C@H](Cc1ccccc1)NC(=O)OC(C)(C)C)C(=O)OCC1c2ccccc2-c2ccccc21. The number of alkyl carbamates (subject to hydrolysis) is 1. The van der Waals surface area contributed by atoms with Crippen molar-refractivity contribution in [2.45, 2.75) is 69.4 Å². The number of nitrogens with zero attached hydrogens (tertiary/aromatic N) is 1. The van der Waals surface area contributed by atoms with Crippen molar-refractivity contribution in [1.29, 1.82) is 0 Å². The molecule has 264 valence electrons. The molecule has 0 bridgehead atoms. The summed E-state index contributed by atoms with van der Waals surface area (Å²) < 4.78 is 11.5. The van der Waals surface area contributed by atoms with Crippen LogP contribution in [0.4, 0.5) is 9.59 Å². The predicted octanol–water partition coefficient (Wildman–Crippen LogP) is 5.93. The maximum Gasteiger partial charge on any atom is 0.409 e. The molecule has 0 spiro atoms. The highest BCUT2D eigenvalue weighted by Gasteiger charge is 2.33. The van der Waals surface area contributed by atoms with Gasteiger partial charge in [-0.15, -0.1) is 0 Å². The number of likely N-dealkylation sites (N-methyl/N-ethyl adjacent to an activating group) is 1. The van der Waals surface area contributed by atoms with Crippen LogP contribution in [0.15, 0.2) is 109 Å². The molecule has 4 aromatic carbocycles. The van der Waals surface area contributed by atoms with E-state index in [9.17, 15) is 19.8 Å². The van der Waals surface area contributed by atoms with E-state index in [0.29, 0.717) is 6.42 Å². The molecular weight excluding hydrogens is 630 g/mol. The topological polar surface area (TPSA) is 120 Å². The number of carbonyl (C=O) groups is 2. The smallest absolute Gasteiger partial charge is 0.409 e. The Balaban J connectivity index is 1.37. The number of benzene rings is 4. The summed E-state index contributed by atoms with van der Waals surface area (Å²) in [6, 6.07) is 34.3. The highest BCUT2D eigenvalue weighted by atomic mass is 16.6. The summed E-state index contributed by atoms with van der Waals surface area (Å²) in [4.78, 5) is 28.3. The summed E-state index contributed by atoms with van der Waals surface area (Å²) >= 11 is 0. The standard InChI is InChI=1S/C41H49N3O6/c1-41(2,3)50-39(47)43-36(24-29-17-9-6-10-18-29)38(46)26-44(25-37(45)35(42-4)23-28-15-7-5-8-16-28)40(48)49-27-34-32-21-13-11-19-30(32)31-20-12-14-22-33(31)34/h5-22,34-38,42,45-46H,23-27H2,1-4H3,(H,43,47)/t35-,36-,37+,38+/m0/s1. The molecule has 4 aromatic rings. The lowest BCUT2D eigenvalue weighted by atomic mass is 9.98. The predicted molar refractivity (Wildman–Crippen MR) is 195 cm³/mol. The van der Waals surface area contributed by atoms with Crippen LogP contribution in [0.2, 0.25) is 0 Å². The average Bonchev–Trinajstić information content (AvgIpc) is 3.42. The van der Waals surface area contributed by atoms with Gasteiger partial charge >= 0.3 is 12.2 Å². The molecule has 0 saturated carbocycles. The number of rotatable bonds is 14. The highest BCUT2D eigenvalue weighted by Crippen LogP contribution is 2.44. The number of hydrogen-bond acceptors (Lipinski definition) is 7. The van der Waals surface area contributed by atoms with Gasteiger partial charge < -0.3 is 35.2 Å². The first-order valence-electron chi connectivity index (χ1n) is 17.2. The average molecular weight is 680 g/mol. The van der Waals surface area contributed by atoms with Gasteiger partial charge in [-0.2, -0.15) is 0 Å². The van der Waals surface area contributed by atoms with Crippen LogP contribution >= 0.6 is 0 Å². The molecule has 9 heteroatoms. The van der Waals surface area contributed by atoms with Crippen LogP contribution in [-0.4, -0.2) is 83.9 Å². The van der Waals surface area contributed by atoms with Crippen molar-refractivity contribution in [3.05, 3.63) is 131 Å². The zero-order valence-electron chi connectivity index (χ0n) is 29.3. The fraction of sp³-hybridized carbons (Fsp3) is 0.366. The highest BCUT2D eigenvalue weighted by molar-refractivity contribution is 5.79. The van der Waals surface area contributed by atoms with Crippen LogP contribution in [0.5, 0.6) is 0 Å². The van der Waals surface area contributed by atoms with E-state index < -0.39 is 42.1 Å². The fourth-order valence-electron chi connectivity index (χ4n) is 6.52. The largest absolute Gasteiger partial charge is 0.448 e. The second-order valence-corrected chi connectivity index (χ2v) is 13.9. The Bertz CT molecular complexity index is 1650. The van der Waals surface area contributed by atoms with Gasteiger partial charge in [-0.25, -0.2) is 9.59 Å². The number of hydrogen-bond donors (Lipinski definition) is 4. The molecule has 4 N–H and O–H groups in total. The number of ether oxygens (including phenoxy) is 2. The maximum absolute atomic E-state index is 14.0. The summed E-state index contributed by atoms with van der Waals surface area (Å²) in [5, 5.41) is 29.2. The van der Waals surface area contributed by atoms with Crippen LogP contribution < -0.4 is 10.6 Å². The van der Waals surface area contributed by atoms with Gasteiger partial charge in [-0.3, -0.25) is 0 Å². The molecule has 50 heavy (non-hydrogen) atoms. The van der Waals surface area contributed by atoms with Gasteiger partial charge in [-0.1, -0.05) is 109 Å². The van der Waals surface area contributed by atoms with Crippen molar-refractivity contribution in [3.8, 4) is 11.1 Å². The van der Waals surface area contributed by atoms with E-state index in [1.165, 1.54) is 4.90 Å². The summed E-state index contributed by atoms with van der Waals surface area (Å²) in [7, 11) is 1.77. The molecule has 5 rings (SSSR count). The van der Waals surface area contributed by atoms with E-state index >= 15 is 0 Å². The van der Waals surface area contributed by atoms with Gasteiger partial charge in [0, 0.05) is 12.0 Å². The van der Waals surface area contributed by atoms with Crippen LogP contribution in [-0.2, 0) is 22.3 Å². The third-order valence-corrected chi connectivity index (χ3v) is 9.01. The number of aliphatic hydroxyl groups is 2. The summed E-state index contributed by atoms with van der Waals surface area (Å²) in [6.45, 7) is 5.06. The van der Waals surface area contributed by atoms with Crippen molar-refractivity contribution in [1.82, 2.24) is 15.5 Å². The van der Waals surface area contributed by atoms with Crippen LogP contribution in [0.25, 0.3) is 11.1 Å². The zero-order valence-corrected chi connectivity index (χ0v) is 29.3. The molecule has 4 atom stereocenters. The van der Waals surface area contributed by atoms with Crippen LogP contribution in [0.3, 0.4) is 0 Å². The van der Waals surface area contributed by atoms with Crippen LogP contribution in [0, 0.1) is 0 Å². The Morgan fingerprint density at radius 3 is 1.68 bits per heavy atom. The fourth-order valence-corrected chi connectivity index (χ4v) is 6.52. The van der Waals surface area contributed by atoms with E-state index in [0.717, 1.165) is 33.4 Å². The lowest BCUT2D eigenvalue weighted by molar-refractivity contribution is 0.0211. The lowest BCUT2D eigenvalue weighted by Gasteiger charge is -2.33. The first-order valence-corrected chi connectivity index (χ1v) is 17.2. The third kappa shape index (κ3) is 9.72. The van der Waals surface area contributed by atoms with Crippen molar-refractivity contribution in [3.63, 3.8) is 0 Å². The summed E-state index contributed by atoms with van der Waals surface area (Å²) in [6.07, 6.45) is -2.76. The Hall–Kier alpha value is -4.70. The molecule has 2 amide bonds. The van der Waals surface area contributed by atoms with Gasteiger partial charge in [0.25, 0.3) is 0 Å². The number of fused-ring (bicyclic) bond motifs is 3. The Morgan fingerprint density at radius 1 is 0.720 bits per heavy atom. The summed E-state index contributed by atoms with van der Waals surface area (Å²) in [5.74, 6) is -0.161. The van der Waals surface area contributed by atoms with Gasteiger partial charge in [0.1, 0.15) is 12.2 Å². The monoisotopic (exact) mass is 679 g/mol. The first-order chi connectivity index (χ1) is 24.0. The normalized spacial score (nSPS) is 14.8. The molecule has 0 saturated heterocycles. The Morgan fingerprint density at radius 2 is 1.18 bits per heavy atom. The second kappa shape index (κ2) is 16.8. The molecular formula is C41H49N3O6. The van der Waals surface area contributed by atoms with Gasteiger partial charge in [0.15, 0.2) is 0 Å². The van der Waals surface area contributed by atoms with E-state index in [4.69, 9.17) is 9.47 Å². The molecule has 0 heterocycles. The van der Waals surface area contributed by atoms with Crippen molar-refractivity contribution >= 4 is 12.2 Å². The number of aliphatic hydroxyl groups excluding tert-OH is 2. The number of amides is 2. The van der Waals surface area contributed by atoms with Gasteiger partial charge in [-0.05, 0) is 74.0 Å². The zero-order chi connectivity index (χ0) is 35.7. The minimum Gasteiger partial charge on any atom is -0.448 e. The van der Waals surface area contributed by atoms with Crippen LogP contribution in [0.1, 0.15) is 48.9 Å². The van der Waals surface area contributed by atoms with E-state index in [1.807, 2.05) is 84.9 Å². The summed E-state index contributed by atoms with van der Waals surface area (Å²) in [5.41, 5.74) is 5.56. The maximum atomic E-state index is 14.0. The molecule has 0 aliphatic heterocycles. The van der Waals surface area contributed by atoms with E-state index in [1.54, 1.807) is 27.8 Å². The molecule has 1 aliphatic rings. The van der Waals surface area contributed by atoms with E-state index in [2.05, 4.69) is 34.9 Å². The Kier molecular flexibility index (Phi) is 12.3. The number of carbonyl (C=O) groups excluding carboxylic acids is 2. The minimum atomic E-state index is -1.22. The second-order valence-electron chi connectivity index (χ2n) is 13.9. The number of nitrogens with one attached hydrogen (secondary N) is 2. The minimum absolute atomic E-state index is 0.0820. The Labute approximate surface area is 295 Å². The third-order valence-electron chi connectivity index (χ3n) is 9.01.